The number of aliphatic hydroxyl groups excluding tert-OH is 11. The van der Waals surface area contributed by atoms with Crippen molar-refractivity contribution in [3.63, 3.8) is 0 Å². The molecular weight excluding hydrogens is 1220 g/mol. The first-order chi connectivity index (χ1) is 45.4. The molecule has 3 fully saturated rings. The number of carboxylic acids is 1. The minimum Gasteiger partial charge on any atom is -0.477 e. The number of carbonyl (C=O) groups is 3. The number of rotatable bonds is 57. The van der Waals surface area contributed by atoms with E-state index in [4.69, 9.17) is 28.4 Å². The normalized spacial score (nSPS) is 27.9. The molecule has 0 aromatic carbocycles. The summed E-state index contributed by atoms with van der Waals surface area (Å²) in [6.07, 6.45) is 22.4. The van der Waals surface area contributed by atoms with Crippen LogP contribution in [0.2, 0.25) is 0 Å². The lowest BCUT2D eigenvalue weighted by atomic mass is 9.88. The van der Waals surface area contributed by atoms with Gasteiger partial charge in [-0.3, -0.25) is 9.59 Å². The predicted octanol–water partition coefficient (Wildman–Crippen LogP) is 7.85. The van der Waals surface area contributed by atoms with E-state index in [1.165, 1.54) is 193 Å². The first-order valence-electron chi connectivity index (χ1n) is 37.1. The van der Waals surface area contributed by atoms with Gasteiger partial charge in [-0.2, -0.15) is 0 Å². The topological polar surface area (TPSA) is 373 Å². The van der Waals surface area contributed by atoms with Crippen LogP contribution in [0, 0.1) is 0 Å². The maximum atomic E-state index is 13.5. The van der Waals surface area contributed by atoms with Gasteiger partial charge in [0.2, 0.25) is 11.8 Å². The zero-order chi connectivity index (χ0) is 68.9. The molecule has 0 radical (unpaired) electrons. The largest absolute Gasteiger partial charge is 0.477 e. The highest BCUT2D eigenvalue weighted by Crippen LogP contribution is 2.39. The number of hydrogen-bond donors (Lipinski definition) is 14. The molecule has 0 aromatic heterocycles. The average Bonchev–Trinajstić information content (AvgIpc) is 0.758. The molecule has 0 aromatic rings. The second-order valence-electron chi connectivity index (χ2n) is 27.2. The lowest BCUT2D eigenvalue weighted by molar-refractivity contribution is -0.386. The summed E-state index contributed by atoms with van der Waals surface area (Å²) in [5.74, 6) is -6.13. The van der Waals surface area contributed by atoms with Crippen molar-refractivity contribution in [1.29, 1.82) is 0 Å². The molecule has 23 nitrogen and oxygen atoms in total. The quantitative estimate of drug-likeness (QED) is 0.0203. The predicted molar refractivity (Wildman–Crippen MR) is 357 cm³/mol. The third-order valence-corrected chi connectivity index (χ3v) is 19.0. The molecular formula is C71H132N2O21. The maximum Gasteiger partial charge on any atom is 0.364 e. The highest BCUT2D eigenvalue weighted by atomic mass is 16.8. The number of aliphatic hydroxyl groups is 11. The van der Waals surface area contributed by atoms with Gasteiger partial charge in [0.25, 0.3) is 5.79 Å². The fraction of sp³-hybridized carbons (Fsp3) is 0.930. The molecule has 3 heterocycles. The lowest BCUT2D eigenvalue weighted by Crippen LogP contribution is -2.70. The summed E-state index contributed by atoms with van der Waals surface area (Å²) in [6.45, 7) is 2.17. The Hall–Kier alpha value is -2.53. The lowest BCUT2D eigenvalue weighted by Gasteiger charge is -2.50. The van der Waals surface area contributed by atoms with Crippen molar-refractivity contribution in [2.24, 2.45) is 0 Å². The van der Waals surface area contributed by atoms with Crippen LogP contribution in [0.5, 0.6) is 0 Å². The maximum absolute atomic E-state index is 13.5. The first kappa shape index (κ1) is 85.7. The summed E-state index contributed by atoms with van der Waals surface area (Å²) in [6, 6.07) is -2.61. The molecule has 3 aliphatic heterocycles. The standard InChI is InChI=1S/C71H132N2O21/c1-4-6-8-10-12-14-16-18-20-22-24-25-27-29-31-33-35-37-39-41-43-45-58(81)73-52(53(78)44-42-40-38-36-34-32-30-28-26-23-21-19-17-15-13-11-9-7-5-2)50-89-68-63(85)62(84)65(57(49-76)91-68)92-69-64(86)67(61(83)56(48-75)90-69)94-71(70(87)88)46-54(79)59(72-51(3)77)66(93-71)60(82)55(80)47-74/h42,44,52-57,59-69,74-76,78-80,82-86H,4-41,43,45-50H2,1-3H3,(H,72,77)(H,73,81)(H,87,88)/b44-42+. The van der Waals surface area contributed by atoms with Gasteiger partial charge in [-0.1, -0.05) is 257 Å². The highest BCUT2D eigenvalue weighted by Gasteiger charge is 2.60. The van der Waals surface area contributed by atoms with Crippen molar-refractivity contribution in [1.82, 2.24) is 10.6 Å². The van der Waals surface area contributed by atoms with Crippen molar-refractivity contribution in [2.75, 3.05) is 26.4 Å². The molecule has 3 rings (SSSR count). The van der Waals surface area contributed by atoms with E-state index in [-0.39, 0.29) is 12.3 Å². The number of nitrogens with one attached hydrogen (secondary N) is 2. The van der Waals surface area contributed by atoms with Crippen LogP contribution in [0.4, 0.5) is 0 Å². The van der Waals surface area contributed by atoms with E-state index in [2.05, 4.69) is 24.5 Å². The van der Waals surface area contributed by atoms with Crippen LogP contribution in [0.3, 0.4) is 0 Å². The Kier molecular flexibility index (Phi) is 47.0. The van der Waals surface area contributed by atoms with Crippen molar-refractivity contribution in [2.45, 2.75) is 394 Å². The Labute approximate surface area is 562 Å². The molecule has 18 unspecified atom stereocenters. The number of carbonyl (C=O) groups excluding carboxylic acids is 2. The van der Waals surface area contributed by atoms with Crippen LogP contribution in [0.25, 0.3) is 0 Å². The van der Waals surface area contributed by atoms with Crippen LogP contribution in [-0.4, -0.2) is 215 Å². The van der Waals surface area contributed by atoms with Gasteiger partial charge in [0.1, 0.15) is 67.1 Å². The van der Waals surface area contributed by atoms with E-state index in [9.17, 15) is 75.7 Å². The number of aliphatic carboxylic acids is 1. The van der Waals surface area contributed by atoms with Crippen LogP contribution >= 0.6 is 0 Å². The molecule has 94 heavy (non-hydrogen) atoms. The number of carboxylic acid groups (broad SMARTS) is 1. The van der Waals surface area contributed by atoms with E-state index in [1.54, 1.807) is 6.08 Å². The molecule has 18 atom stereocenters. The molecule has 23 heteroatoms. The van der Waals surface area contributed by atoms with Crippen molar-refractivity contribution < 1.29 is 104 Å². The molecule has 3 saturated heterocycles. The number of allylic oxidation sites excluding steroid dienone is 1. The van der Waals surface area contributed by atoms with Crippen molar-refractivity contribution in [3.05, 3.63) is 12.2 Å². The Balaban J connectivity index is 1.57. The zero-order valence-electron chi connectivity index (χ0n) is 57.8. The first-order valence-corrected chi connectivity index (χ1v) is 37.1. The minimum absolute atomic E-state index is 0.205. The molecule has 14 N–H and O–H groups in total. The Bertz CT molecular complexity index is 1940. The fourth-order valence-electron chi connectivity index (χ4n) is 13.1. The van der Waals surface area contributed by atoms with Gasteiger partial charge in [-0.25, -0.2) is 4.79 Å². The fourth-order valence-corrected chi connectivity index (χ4v) is 13.1. The van der Waals surface area contributed by atoms with Gasteiger partial charge in [0.15, 0.2) is 12.6 Å². The summed E-state index contributed by atoms with van der Waals surface area (Å²) in [4.78, 5) is 38.6. The number of amides is 2. The molecule has 0 spiro atoms. The van der Waals surface area contributed by atoms with E-state index in [0.29, 0.717) is 12.8 Å². The van der Waals surface area contributed by atoms with Crippen molar-refractivity contribution >= 4 is 17.8 Å². The average molecular weight is 1350 g/mol. The van der Waals surface area contributed by atoms with Gasteiger partial charge in [0.05, 0.1) is 50.7 Å². The summed E-state index contributed by atoms with van der Waals surface area (Å²) in [5, 5.41) is 136. The molecule has 2 amide bonds. The molecule has 3 aliphatic rings. The second kappa shape index (κ2) is 51.6. The number of hydrogen-bond acceptors (Lipinski definition) is 20. The van der Waals surface area contributed by atoms with Crippen LogP contribution in [0.1, 0.15) is 284 Å². The zero-order valence-corrected chi connectivity index (χ0v) is 57.8. The molecule has 0 saturated carbocycles. The van der Waals surface area contributed by atoms with E-state index in [0.717, 1.165) is 51.9 Å². The number of ether oxygens (including phenoxy) is 6. The minimum atomic E-state index is -3.08. The molecule has 0 aliphatic carbocycles. The Morgan fingerprint density at radius 1 is 0.553 bits per heavy atom. The molecule has 552 valence electrons. The monoisotopic (exact) mass is 1350 g/mol. The van der Waals surface area contributed by atoms with E-state index < -0.39 is 155 Å². The smallest absolute Gasteiger partial charge is 0.364 e. The summed E-state index contributed by atoms with van der Waals surface area (Å²) >= 11 is 0. The van der Waals surface area contributed by atoms with Gasteiger partial charge >= 0.3 is 5.97 Å². The van der Waals surface area contributed by atoms with Crippen molar-refractivity contribution in [3.8, 4) is 0 Å². The summed E-state index contributed by atoms with van der Waals surface area (Å²) in [5.41, 5.74) is 0. The van der Waals surface area contributed by atoms with Crippen LogP contribution in [0.15, 0.2) is 12.2 Å². The Morgan fingerprint density at radius 3 is 1.41 bits per heavy atom. The number of unbranched alkanes of at least 4 members (excludes halogenated alkanes) is 37. The summed E-state index contributed by atoms with van der Waals surface area (Å²) in [7, 11) is 0. The summed E-state index contributed by atoms with van der Waals surface area (Å²) < 4.78 is 34.8. The van der Waals surface area contributed by atoms with Crippen LogP contribution in [-0.2, 0) is 42.8 Å². The van der Waals surface area contributed by atoms with Gasteiger partial charge in [-0.05, 0) is 19.3 Å². The van der Waals surface area contributed by atoms with Gasteiger partial charge in [0, 0.05) is 19.8 Å². The Morgan fingerprint density at radius 2 is 0.989 bits per heavy atom. The highest BCUT2D eigenvalue weighted by molar-refractivity contribution is 5.77. The van der Waals surface area contributed by atoms with Crippen LogP contribution < -0.4 is 10.6 Å². The van der Waals surface area contributed by atoms with Gasteiger partial charge < -0.3 is 100 Å². The van der Waals surface area contributed by atoms with Gasteiger partial charge in [-0.15, -0.1) is 0 Å². The van der Waals surface area contributed by atoms with E-state index in [1.807, 2.05) is 6.08 Å². The second-order valence-corrected chi connectivity index (χ2v) is 27.2. The SMILES string of the molecule is CCCCCCCCCCCCCCCCCCC/C=C/C(O)C(COC1OC(CO)C(OC2OC(CO)C(O)C(OC3(C(=O)O)CC(O)C(NC(C)=O)C(C(O)C(O)CO)O3)C2O)C(O)C1O)NC(=O)CCCCCCCCCCCCCCCCCCCCCCC. The van der Waals surface area contributed by atoms with E-state index >= 15 is 0 Å². The third kappa shape index (κ3) is 33.1. The molecule has 0 bridgehead atoms. The third-order valence-electron chi connectivity index (χ3n) is 19.0.